The highest BCUT2D eigenvalue weighted by atomic mass is 79.9. The lowest BCUT2D eigenvalue weighted by atomic mass is 10.1. The number of carbonyl (C=O) groups is 1. The molecule has 1 heterocycles. The predicted molar refractivity (Wildman–Crippen MR) is 41.0 cm³/mol. The Kier molecular flexibility index (Phi) is 1.87. The highest BCUT2D eigenvalue weighted by Crippen LogP contribution is 2.34. The molecule has 52 valence electrons. The van der Waals surface area contributed by atoms with Crippen molar-refractivity contribution in [3.05, 3.63) is 0 Å². The molecule has 1 aliphatic heterocycles. The second kappa shape index (κ2) is 2.23. The van der Waals surface area contributed by atoms with E-state index in [-0.39, 0.29) is 10.8 Å². The van der Waals surface area contributed by atoms with E-state index in [1.807, 2.05) is 0 Å². The Hall–Kier alpha value is 0.430. The number of ether oxygens (including phenoxy) is 1. The van der Waals surface area contributed by atoms with Gasteiger partial charge in [0.15, 0.2) is 0 Å². The normalized spacial score (nSPS) is 43.0. The second-order valence-electron chi connectivity index (χ2n) is 2.14. The molecule has 0 amide bonds. The molecule has 1 saturated heterocycles. The van der Waals surface area contributed by atoms with Crippen molar-refractivity contribution in [2.45, 2.75) is 16.1 Å². The summed E-state index contributed by atoms with van der Waals surface area (Å²) in [6.07, 6.45) is 0. The third-order valence-corrected chi connectivity index (χ3v) is 4.02. The first kappa shape index (κ1) is 7.54. The fourth-order valence-corrected chi connectivity index (χ4v) is 1.14. The molecule has 0 aliphatic carbocycles. The zero-order chi connectivity index (χ0) is 7.07. The monoisotopic (exact) mass is 256 g/mol. The van der Waals surface area contributed by atoms with Crippen LogP contribution in [-0.4, -0.2) is 21.7 Å². The van der Waals surface area contributed by atoms with Crippen LogP contribution in [0.3, 0.4) is 0 Å². The summed E-state index contributed by atoms with van der Waals surface area (Å²) in [7, 11) is 0. The van der Waals surface area contributed by atoms with Gasteiger partial charge in [-0.1, -0.05) is 31.9 Å². The third-order valence-electron chi connectivity index (χ3n) is 1.35. The minimum Gasteiger partial charge on any atom is -0.463 e. The van der Waals surface area contributed by atoms with Gasteiger partial charge in [0.25, 0.3) is 0 Å². The molecule has 2 atom stereocenters. The minimum absolute atomic E-state index is 0.0949. The van der Waals surface area contributed by atoms with Gasteiger partial charge in [-0.05, 0) is 6.92 Å². The molecule has 1 rings (SSSR count). The summed E-state index contributed by atoms with van der Waals surface area (Å²) in [6, 6.07) is 0. The van der Waals surface area contributed by atoms with E-state index < -0.39 is 4.32 Å². The fourth-order valence-electron chi connectivity index (χ4n) is 0.574. The zero-order valence-corrected chi connectivity index (χ0v) is 8.03. The van der Waals surface area contributed by atoms with Gasteiger partial charge in [-0.25, -0.2) is 0 Å². The first-order valence-corrected chi connectivity index (χ1v) is 4.26. The lowest BCUT2D eigenvalue weighted by Gasteiger charge is -2.11. The van der Waals surface area contributed by atoms with E-state index in [2.05, 4.69) is 31.9 Å². The maximum Gasteiger partial charge on any atom is 0.323 e. The first-order valence-electron chi connectivity index (χ1n) is 2.55. The van der Waals surface area contributed by atoms with Crippen molar-refractivity contribution in [1.82, 2.24) is 0 Å². The Bertz CT molecular complexity index is 144. The number of cyclic esters (lactones) is 1. The minimum atomic E-state index is -0.521. The fraction of sp³-hybridized carbons (Fsp3) is 0.800. The molecule has 0 unspecified atom stereocenters. The molecule has 2 nitrogen and oxygen atoms in total. The molecule has 0 spiro atoms. The molecule has 0 N–H and O–H groups in total. The van der Waals surface area contributed by atoms with E-state index in [4.69, 9.17) is 4.74 Å². The van der Waals surface area contributed by atoms with Crippen molar-refractivity contribution in [2.75, 3.05) is 6.61 Å². The van der Waals surface area contributed by atoms with Crippen LogP contribution in [0.1, 0.15) is 6.92 Å². The van der Waals surface area contributed by atoms with Gasteiger partial charge < -0.3 is 4.74 Å². The number of carbonyl (C=O) groups excluding carboxylic acids is 1. The lowest BCUT2D eigenvalue weighted by molar-refractivity contribution is -0.139. The van der Waals surface area contributed by atoms with Crippen molar-refractivity contribution in [2.24, 2.45) is 0 Å². The van der Waals surface area contributed by atoms with Gasteiger partial charge in [0.1, 0.15) is 10.9 Å². The molecule has 0 aromatic heterocycles. The average Bonchev–Trinajstić information content (AvgIpc) is 1.96. The largest absolute Gasteiger partial charge is 0.463 e. The number of hydrogen-bond acceptors (Lipinski definition) is 2. The van der Waals surface area contributed by atoms with Crippen molar-refractivity contribution in [3.8, 4) is 0 Å². The molecule has 1 aliphatic rings. The third kappa shape index (κ3) is 1.15. The van der Waals surface area contributed by atoms with Crippen LogP contribution in [0.15, 0.2) is 0 Å². The van der Waals surface area contributed by atoms with Crippen LogP contribution in [0.4, 0.5) is 0 Å². The standard InChI is InChI=1S/C5H6Br2O2/c1-5(7)3(6)2-9-4(5)8/h3H,2H2,1H3/t3-,5+/m0/s1. The molecule has 0 saturated carbocycles. The van der Waals surface area contributed by atoms with Crippen LogP contribution < -0.4 is 0 Å². The number of alkyl halides is 2. The van der Waals surface area contributed by atoms with E-state index in [1.165, 1.54) is 0 Å². The van der Waals surface area contributed by atoms with E-state index in [0.29, 0.717) is 6.61 Å². The molecule has 0 aromatic carbocycles. The Morgan fingerprint density at radius 2 is 2.44 bits per heavy atom. The van der Waals surface area contributed by atoms with Crippen LogP contribution in [0.25, 0.3) is 0 Å². The molecule has 1 fully saturated rings. The highest BCUT2D eigenvalue weighted by molar-refractivity contribution is 9.12. The summed E-state index contributed by atoms with van der Waals surface area (Å²) < 4.78 is 4.23. The van der Waals surface area contributed by atoms with Crippen molar-refractivity contribution in [1.29, 1.82) is 0 Å². The zero-order valence-electron chi connectivity index (χ0n) is 4.86. The summed E-state index contributed by atoms with van der Waals surface area (Å²) in [4.78, 5) is 10.9. The van der Waals surface area contributed by atoms with Crippen LogP contribution in [0.5, 0.6) is 0 Å². The lowest BCUT2D eigenvalue weighted by Crippen LogP contribution is -2.30. The van der Waals surface area contributed by atoms with Crippen molar-refractivity contribution >= 4 is 37.8 Å². The SMILES string of the molecule is C[C@]1(Br)C(=O)OC[C@@H]1Br. The van der Waals surface area contributed by atoms with Crippen LogP contribution in [0.2, 0.25) is 0 Å². The average molecular weight is 258 g/mol. The van der Waals surface area contributed by atoms with E-state index >= 15 is 0 Å². The summed E-state index contributed by atoms with van der Waals surface area (Å²) in [5, 5.41) is 0. The van der Waals surface area contributed by atoms with Gasteiger partial charge >= 0.3 is 5.97 Å². The van der Waals surface area contributed by atoms with Gasteiger partial charge in [0.2, 0.25) is 0 Å². The Balaban J connectivity index is 2.78. The molecular weight excluding hydrogens is 252 g/mol. The molecule has 0 radical (unpaired) electrons. The first-order chi connectivity index (χ1) is 4.05. The molecule has 0 bridgehead atoms. The summed E-state index contributed by atoms with van der Waals surface area (Å²) in [5.41, 5.74) is 0. The molecule has 9 heavy (non-hydrogen) atoms. The smallest absolute Gasteiger partial charge is 0.323 e. The Labute approximate surface area is 70.2 Å². The van der Waals surface area contributed by atoms with E-state index in [0.717, 1.165) is 0 Å². The van der Waals surface area contributed by atoms with E-state index in [9.17, 15) is 4.79 Å². The second-order valence-corrected chi connectivity index (χ2v) is 4.89. The highest BCUT2D eigenvalue weighted by Gasteiger charge is 2.45. The van der Waals surface area contributed by atoms with Gasteiger partial charge in [-0.15, -0.1) is 0 Å². The van der Waals surface area contributed by atoms with E-state index in [1.54, 1.807) is 6.92 Å². The van der Waals surface area contributed by atoms with Crippen molar-refractivity contribution < 1.29 is 9.53 Å². The molecule has 0 aromatic rings. The number of esters is 1. The Morgan fingerprint density at radius 1 is 1.89 bits per heavy atom. The molecular formula is C5H6Br2O2. The number of hydrogen-bond donors (Lipinski definition) is 0. The van der Waals surface area contributed by atoms with Gasteiger partial charge in [0, 0.05) is 0 Å². The van der Waals surface area contributed by atoms with Crippen molar-refractivity contribution in [3.63, 3.8) is 0 Å². The summed E-state index contributed by atoms with van der Waals surface area (Å²) >= 11 is 6.56. The van der Waals surface area contributed by atoms with Crippen LogP contribution in [-0.2, 0) is 9.53 Å². The summed E-state index contributed by atoms with van der Waals surface area (Å²) in [5.74, 6) is -0.190. The Morgan fingerprint density at radius 3 is 2.56 bits per heavy atom. The van der Waals surface area contributed by atoms with Crippen LogP contribution in [0, 0.1) is 0 Å². The van der Waals surface area contributed by atoms with Gasteiger partial charge in [-0.2, -0.15) is 0 Å². The maximum absolute atomic E-state index is 10.8. The quantitative estimate of drug-likeness (QED) is 0.485. The van der Waals surface area contributed by atoms with Gasteiger partial charge in [0.05, 0.1) is 4.83 Å². The number of halogens is 2. The number of rotatable bonds is 0. The summed E-state index contributed by atoms with van der Waals surface area (Å²) in [6.45, 7) is 2.25. The maximum atomic E-state index is 10.8. The van der Waals surface area contributed by atoms with Gasteiger partial charge in [-0.3, -0.25) is 4.79 Å². The van der Waals surface area contributed by atoms with Crippen LogP contribution >= 0.6 is 31.9 Å². The topological polar surface area (TPSA) is 26.3 Å². The predicted octanol–water partition coefficient (Wildman–Crippen LogP) is 1.46. The molecule has 4 heteroatoms.